The number of aryl methyl sites for hydroxylation is 2. The molecule has 0 radical (unpaired) electrons. The highest BCUT2D eigenvalue weighted by Gasteiger charge is 2.24. The zero-order chi connectivity index (χ0) is 44.2. The third-order valence-electron chi connectivity index (χ3n) is 7.44. The molecule has 2 aromatic carbocycles. The number of carboxylic acid groups (broad SMARTS) is 1. The molecule has 0 spiro atoms. The summed E-state index contributed by atoms with van der Waals surface area (Å²) in [5, 5.41) is 10.2. The molecule has 1 aliphatic heterocycles. The lowest BCUT2D eigenvalue weighted by Gasteiger charge is -2.31. The van der Waals surface area contributed by atoms with Crippen molar-refractivity contribution >= 4 is 94.0 Å². The van der Waals surface area contributed by atoms with E-state index in [9.17, 15) is 33.0 Å². The van der Waals surface area contributed by atoms with Gasteiger partial charge in [-0.1, -0.05) is 36.7 Å². The lowest BCUT2D eigenvalue weighted by molar-refractivity contribution is -0.193. The molecule has 2 unspecified atom stereocenters. The van der Waals surface area contributed by atoms with Crippen molar-refractivity contribution in [2.75, 3.05) is 69.0 Å². The van der Waals surface area contributed by atoms with Crippen LogP contribution >= 0.6 is 53.9 Å². The number of amides is 1. The van der Waals surface area contributed by atoms with Crippen molar-refractivity contribution in [3.05, 3.63) is 66.8 Å². The smallest absolute Gasteiger partial charge is 0.325 e. The molecule has 15 nitrogen and oxygen atoms in total. The summed E-state index contributed by atoms with van der Waals surface area (Å²) in [6, 6.07) is 8.69. The van der Waals surface area contributed by atoms with Crippen molar-refractivity contribution in [1.29, 1.82) is 0 Å². The number of ether oxygens (including phenoxy) is 2. The van der Waals surface area contributed by atoms with Gasteiger partial charge >= 0.3 is 16.8 Å². The number of aliphatic carboxylic acids is 1. The fourth-order valence-electron chi connectivity index (χ4n) is 5.06. The Hall–Kier alpha value is -2.71. The Bertz CT molecular complexity index is 1970. The number of rotatable bonds is 14. The van der Waals surface area contributed by atoms with Gasteiger partial charge in [-0.25, -0.2) is 14.1 Å². The number of carbonyl (C=O) groups excluding carboxylic acids is 2. The SMILES string of the molecule is CCc1cccc(C)c1N(C(=O)CCl)C(C)COC.COC(=O)CSc1cc(N=c2sc(=O)n3n2CCCC3)c(F)cc1Cl.C[S+](C)C.O=C(O)CNCP(=O)([O-])O. The van der Waals surface area contributed by atoms with Crippen molar-refractivity contribution in [3.8, 4) is 0 Å². The number of nitrogens with zero attached hydrogens (tertiary/aromatic N) is 4. The van der Waals surface area contributed by atoms with Crippen LogP contribution in [0.1, 0.15) is 37.8 Å². The van der Waals surface area contributed by atoms with Gasteiger partial charge in [-0.3, -0.25) is 29.2 Å². The predicted molar refractivity (Wildman–Crippen MR) is 231 cm³/mol. The number of nitrogens with one attached hydrogen (secondary N) is 1. The van der Waals surface area contributed by atoms with E-state index in [4.69, 9.17) is 37.9 Å². The van der Waals surface area contributed by atoms with Crippen molar-refractivity contribution in [3.63, 3.8) is 0 Å². The van der Waals surface area contributed by atoms with E-state index in [2.05, 4.69) is 41.5 Å². The maximum Gasteiger partial charge on any atom is 0.325 e. The van der Waals surface area contributed by atoms with Crippen LogP contribution in [0.5, 0.6) is 0 Å². The first-order valence-corrected chi connectivity index (χ1v) is 24.6. The molecule has 58 heavy (non-hydrogen) atoms. The lowest BCUT2D eigenvalue weighted by atomic mass is 10.0. The van der Waals surface area contributed by atoms with Gasteiger partial charge < -0.3 is 33.8 Å². The van der Waals surface area contributed by atoms with Crippen LogP contribution in [0.15, 0.2) is 45.0 Å². The van der Waals surface area contributed by atoms with E-state index in [1.54, 1.807) is 21.4 Å². The maximum atomic E-state index is 14.3. The minimum absolute atomic E-state index is 0.0223. The number of aromatic nitrogens is 2. The lowest BCUT2D eigenvalue weighted by Crippen LogP contribution is -2.43. The van der Waals surface area contributed by atoms with Crippen LogP contribution in [0.2, 0.25) is 5.02 Å². The molecule has 0 saturated carbocycles. The van der Waals surface area contributed by atoms with Gasteiger partial charge in [0.15, 0.2) is 0 Å². The Morgan fingerprint density at radius 2 is 1.81 bits per heavy atom. The van der Waals surface area contributed by atoms with Gasteiger partial charge in [-0.05, 0) is 78.6 Å². The number of alkyl halides is 1. The third-order valence-corrected chi connectivity index (χ3v) is 10.6. The average Bonchev–Trinajstić information content (AvgIpc) is 3.46. The van der Waals surface area contributed by atoms with Crippen LogP contribution in [0.3, 0.4) is 0 Å². The molecule has 0 bridgehead atoms. The molecule has 4 rings (SSSR count). The van der Waals surface area contributed by atoms with E-state index < -0.39 is 38.2 Å². The largest absolute Gasteiger partial charge is 0.778 e. The van der Waals surface area contributed by atoms with Crippen LogP contribution in [-0.4, -0.2) is 107 Å². The van der Waals surface area contributed by atoms with E-state index in [0.717, 1.165) is 65.2 Å². The first-order valence-electron chi connectivity index (χ1n) is 17.6. The maximum absolute atomic E-state index is 14.3. The zero-order valence-electron chi connectivity index (χ0n) is 33.8. The summed E-state index contributed by atoms with van der Waals surface area (Å²) in [4.78, 5) is 70.2. The van der Waals surface area contributed by atoms with Gasteiger partial charge in [0.2, 0.25) is 10.7 Å². The highest BCUT2D eigenvalue weighted by molar-refractivity contribution is 8.00. The number of carboxylic acids is 1. The van der Waals surface area contributed by atoms with Crippen LogP contribution in [-0.2, 0) is 58.8 Å². The van der Waals surface area contributed by atoms with Gasteiger partial charge in [-0.15, -0.1) is 23.4 Å². The van der Waals surface area contributed by atoms with E-state index in [-0.39, 0.29) is 39.2 Å². The second-order valence-electron chi connectivity index (χ2n) is 12.8. The second-order valence-corrected chi connectivity index (χ2v) is 19.4. The van der Waals surface area contributed by atoms with Gasteiger partial charge in [0, 0.05) is 25.1 Å². The Labute approximate surface area is 359 Å². The summed E-state index contributed by atoms with van der Waals surface area (Å²) < 4.78 is 37.4. The number of carbonyl (C=O) groups is 3. The molecule has 0 saturated heterocycles. The van der Waals surface area contributed by atoms with Crippen molar-refractivity contribution in [1.82, 2.24) is 14.7 Å². The number of esters is 1. The van der Waals surface area contributed by atoms with Crippen molar-refractivity contribution < 1.29 is 47.7 Å². The third kappa shape index (κ3) is 19.1. The molecule has 1 aliphatic rings. The molecule has 3 N–H and O–H groups in total. The molecule has 2 heterocycles. The topological polar surface area (TPSA) is 205 Å². The summed E-state index contributed by atoms with van der Waals surface area (Å²) >= 11 is 13.9. The van der Waals surface area contributed by atoms with Gasteiger partial charge in [0.1, 0.15) is 25.0 Å². The Kier molecular flexibility index (Phi) is 25.0. The first kappa shape index (κ1) is 53.3. The minimum Gasteiger partial charge on any atom is -0.778 e. The summed E-state index contributed by atoms with van der Waals surface area (Å²) in [5.41, 5.74) is 3.29. The number of anilines is 1. The fourth-order valence-corrected chi connectivity index (χ4v) is 7.57. The number of hydrogen-bond acceptors (Lipinski definition) is 12. The number of thioether (sulfide) groups is 1. The Balaban J connectivity index is 0.000000449. The molecular formula is C36H53Cl2FN5O10PS3. The normalized spacial score (nSPS) is 13.7. The molecule has 326 valence electrons. The Morgan fingerprint density at radius 3 is 2.34 bits per heavy atom. The number of fused-ring (bicyclic) bond motifs is 1. The molecule has 1 aromatic heterocycles. The first-order chi connectivity index (χ1) is 27.2. The number of methoxy groups -OCH3 is 2. The van der Waals surface area contributed by atoms with Crippen LogP contribution in [0.4, 0.5) is 15.8 Å². The van der Waals surface area contributed by atoms with Gasteiger partial charge in [-0.2, -0.15) is 0 Å². The van der Waals surface area contributed by atoms with E-state index in [1.807, 2.05) is 31.3 Å². The van der Waals surface area contributed by atoms with Gasteiger partial charge in [0.25, 0.3) is 0 Å². The number of para-hydroxylation sites is 1. The number of halogens is 3. The highest BCUT2D eigenvalue weighted by Crippen LogP contribution is 2.33. The molecule has 3 aromatic rings. The standard InChI is InChI=1S/C15H15ClFN3O3S2.C15H22ClNO2.C3H8NO5P.C3H9S/c1-23-13(21)8-24-12-7-11(10(17)6-9(12)16)18-14-19-4-2-3-5-20(19)15(22)25-14;1-5-13-8-6-7-11(2)15(13)17(14(18)9-16)12(3)10-19-4;5-3(6)1-4-2-10(7,8)9;1-4(2)3/h6-7H,2-5,8H2,1H3;6-8,12H,5,9-10H2,1-4H3;4H,1-2H2,(H,5,6)(H2,7,8,9);1-3H3/q;;;+1/p-1. The molecule has 1 amide bonds. The molecule has 0 aliphatic carbocycles. The predicted octanol–water partition coefficient (Wildman–Crippen LogP) is 4.62. The van der Waals surface area contributed by atoms with Gasteiger partial charge in [0.05, 0.1) is 67.8 Å². The summed E-state index contributed by atoms with van der Waals surface area (Å²) in [5.74, 6) is -2.21. The highest BCUT2D eigenvalue weighted by atomic mass is 35.5. The fraction of sp³-hybridized carbons (Fsp3) is 0.528. The molecule has 2 atom stereocenters. The second kappa shape index (κ2) is 27.2. The quantitative estimate of drug-likeness (QED) is 0.0667. The summed E-state index contributed by atoms with van der Waals surface area (Å²) in [6.07, 6.45) is 8.65. The van der Waals surface area contributed by atoms with Crippen LogP contribution in [0.25, 0.3) is 0 Å². The summed E-state index contributed by atoms with van der Waals surface area (Å²) in [6.45, 7) is 7.41. The van der Waals surface area contributed by atoms with E-state index in [1.165, 1.54) is 13.2 Å². The van der Waals surface area contributed by atoms with Crippen molar-refractivity contribution in [2.24, 2.45) is 4.99 Å². The molecule has 22 heteroatoms. The summed E-state index contributed by atoms with van der Waals surface area (Å²) in [7, 11) is -0.773. The zero-order valence-corrected chi connectivity index (χ0v) is 38.6. The van der Waals surface area contributed by atoms with E-state index >= 15 is 0 Å². The minimum atomic E-state index is -4.35. The van der Waals surface area contributed by atoms with E-state index in [0.29, 0.717) is 40.3 Å². The average molecular weight is 933 g/mol. The molecular weight excluding hydrogens is 880 g/mol. The van der Waals surface area contributed by atoms with Crippen molar-refractivity contribution in [2.45, 2.75) is 64.1 Å². The van der Waals surface area contributed by atoms with Crippen LogP contribution in [0, 0.1) is 12.7 Å². The Morgan fingerprint density at radius 1 is 1.19 bits per heavy atom. The number of hydrogen-bond donors (Lipinski definition) is 3. The van der Waals surface area contributed by atoms with Crippen LogP contribution < -0.4 is 24.8 Å². The monoisotopic (exact) mass is 931 g/mol. The number of benzene rings is 2. The molecule has 0 fully saturated rings.